The van der Waals surface area contributed by atoms with Gasteiger partial charge in [0, 0.05) is 5.56 Å². The van der Waals surface area contributed by atoms with Gasteiger partial charge in [-0.25, -0.2) is 4.98 Å². The van der Waals surface area contributed by atoms with Crippen LogP contribution in [0.2, 0.25) is 0 Å². The van der Waals surface area contributed by atoms with Crippen LogP contribution in [0.15, 0.2) is 30.6 Å². The van der Waals surface area contributed by atoms with Gasteiger partial charge in [-0.05, 0) is 18.2 Å². The van der Waals surface area contributed by atoms with Gasteiger partial charge in [-0.1, -0.05) is 6.07 Å². The Balaban J connectivity index is 2.02. The first kappa shape index (κ1) is 10.8. The molecule has 1 aromatic heterocycles. The highest BCUT2D eigenvalue weighted by molar-refractivity contribution is 5.94. The van der Waals surface area contributed by atoms with E-state index in [0.29, 0.717) is 17.0 Å². The van der Waals surface area contributed by atoms with E-state index < -0.39 is 0 Å². The second-order valence-corrected chi connectivity index (χ2v) is 3.31. The number of nitriles is 1. The first-order chi connectivity index (χ1) is 8.29. The van der Waals surface area contributed by atoms with Gasteiger partial charge in [0.1, 0.15) is 12.2 Å². The third-order valence-corrected chi connectivity index (χ3v) is 2.14. The van der Waals surface area contributed by atoms with Crippen molar-refractivity contribution in [2.24, 2.45) is 0 Å². The Morgan fingerprint density at radius 3 is 3.12 bits per heavy atom. The third kappa shape index (κ3) is 2.66. The third-order valence-electron chi connectivity index (χ3n) is 2.14. The van der Waals surface area contributed by atoms with Crippen LogP contribution in [0.25, 0.3) is 0 Å². The number of hydrogen-bond acceptors (Lipinski definition) is 4. The summed E-state index contributed by atoms with van der Waals surface area (Å²) < 4.78 is 0. The van der Waals surface area contributed by atoms with E-state index in [1.807, 2.05) is 6.07 Å². The van der Waals surface area contributed by atoms with Gasteiger partial charge in [-0.3, -0.25) is 9.89 Å². The minimum Gasteiger partial charge on any atom is -0.345 e. The van der Waals surface area contributed by atoms with E-state index in [0.717, 1.165) is 0 Å². The Kier molecular flexibility index (Phi) is 3.12. The molecule has 0 saturated carbocycles. The molecule has 0 radical (unpaired) electrons. The summed E-state index contributed by atoms with van der Waals surface area (Å²) in [6, 6.07) is 8.48. The number of benzene rings is 1. The monoisotopic (exact) mass is 227 g/mol. The van der Waals surface area contributed by atoms with Gasteiger partial charge < -0.3 is 5.32 Å². The number of nitrogens with zero attached hydrogens (tertiary/aromatic N) is 3. The zero-order chi connectivity index (χ0) is 12.1. The lowest BCUT2D eigenvalue weighted by Crippen LogP contribution is -2.23. The lowest BCUT2D eigenvalue weighted by atomic mass is 10.1. The predicted molar refractivity (Wildman–Crippen MR) is 58.7 cm³/mol. The number of hydrogen-bond donors (Lipinski definition) is 2. The summed E-state index contributed by atoms with van der Waals surface area (Å²) in [6.45, 7) is 0.273. The van der Waals surface area contributed by atoms with Crippen molar-refractivity contribution in [2.75, 3.05) is 0 Å². The molecule has 6 heteroatoms. The molecule has 6 nitrogen and oxygen atoms in total. The zero-order valence-corrected chi connectivity index (χ0v) is 8.84. The minimum absolute atomic E-state index is 0.251. The molecule has 0 unspecified atom stereocenters. The fourth-order valence-corrected chi connectivity index (χ4v) is 1.31. The molecule has 0 aliphatic carbocycles. The summed E-state index contributed by atoms with van der Waals surface area (Å²) in [5.41, 5.74) is 0.904. The van der Waals surface area contributed by atoms with Crippen LogP contribution < -0.4 is 5.32 Å². The largest absolute Gasteiger partial charge is 0.345 e. The quantitative estimate of drug-likeness (QED) is 0.803. The predicted octanol–water partition coefficient (Wildman–Crippen LogP) is 0.606. The number of nitrogens with one attached hydrogen (secondary N) is 2. The molecule has 0 spiro atoms. The van der Waals surface area contributed by atoms with E-state index in [1.54, 1.807) is 18.2 Å². The van der Waals surface area contributed by atoms with Gasteiger partial charge in [-0.15, -0.1) is 0 Å². The van der Waals surface area contributed by atoms with Crippen molar-refractivity contribution >= 4 is 5.91 Å². The van der Waals surface area contributed by atoms with Crippen molar-refractivity contribution in [2.45, 2.75) is 6.54 Å². The topological polar surface area (TPSA) is 94.5 Å². The number of amides is 1. The van der Waals surface area contributed by atoms with Crippen LogP contribution in [0.3, 0.4) is 0 Å². The highest BCUT2D eigenvalue weighted by Crippen LogP contribution is 2.04. The fourth-order valence-electron chi connectivity index (χ4n) is 1.31. The molecule has 17 heavy (non-hydrogen) atoms. The standard InChI is InChI=1S/C11H9N5O/c12-5-8-2-1-3-9(4-8)11(17)13-6-10-14-7-15-16-10/h1-4,7H,6H2,(H,13,17)(H,14,15,16). The number of aromatic amines is 1. The van der Waals surface area contributed by atoms with Crippen LogP contribution in [0.5, 0.6) is 0 Å². The number of rotatable bonds is 3. The molecule has 0 aliphatic heterocycles. The average Bonchev–Trinajstić information content (AvgIpc) is 2.89. The summed E-state index contributed by atoms with van der Waals surface area (Å²) in [5.74, 6) is 0.327. The van der Waals surface area contributed by atoms with E-state index in [9.17, 15) is 4.79 Å². The molecular formula is C11H9N5O. The first-order valence-electron chi connectivity index (χ1n) is 4.92. The summed E-state index contributed by atoms with van der Waals surface area (Å²) in [5, 5.41) is 17.7. The van der Waals surface area contributed by atoms with Gasteiger partial charge in [-0.2, -0.15) is 10.4 Å². The molecule has 0 aliphatic rings. The van der Waals surface area contributed by atoms with Crippen molar-refractivity contribution in [1.82, 2.24) is 20.5 Å². The van der Waals surface area contributed by atoms with E-state index in [1.165, 1.54) is 12.4 Å². The Hall–Kier alpha value is -2.68. The Morgan fingerprint density at radius 1 is 1.53 bits per heavy atom. The molecule has 0 saturated heterocycles. The molecule has 2 rings (SSSR count). The van der Waals surface area contributed by atoms with Crippen LogP contribution in [0, 0.1) is 11.3 Å². The maximum absolute atomic E-state index is 11.7. The van der Waals surface area contributed by atoms with Crippen LogP contribution in [-0.4, -0.2) is 21.1 Å². The SMILES string of the molecule is N#Cc1cccc(C(=O)NCc2ncn[nH]2)c1. The van der Waals surface area contributed by atoms with Crippen molar-refractivity contribution in [3.05, 3.63) is 47.5 Å². The molecular weight excluding hydrogens is 218 g/mol. The lowest BCUT2D eigenvalue weighted by Gasteiger charge is -2.02. The van der Waals surface area contributed by atoms with Crippen LogP contribution in [0.1, 0.15) is 21.7 Å². The maximum Gasteiger partial charge on any atom is 0.251 e. The van der Waals surface area contributed by atoms with E-state index in [2.05, 4.69) is 20.5 Å². The van der Waals surface area contributed by atoms with Gasteiger partial charge in [0.05, 0.1) is 18.2 Å². The Morgan fingerprint density at radius 2 is 2.41 bits per heavy atom. The van der Waals surface area contributed by atoms with Crippen molar-refractivity contribution in [3.63, 3.8) is 0 Å². The van der Waals surface area contributed by atoms with Crippen LogP contribution in [-0.2, 0) is 6.54 Å². The van der Waals surface area contributed by atoms with Gasteiger partial charge >= 0.3 is 0 Å². The van der Waals surface area contributed by atoms with E-state index in [-0.39, 0.29) is 12.5 Å². The molecule has 1 amide bonds. The number of carbonyl (C=O) groups is 1. The second-order valence-electron chi connectivity index (χ2n) is 3.31. The van der Waals surface area contributed by atoms with Crippen LogP contribution in [0.4, 0.5) is 0 Å². The summed E-state index contributed by atoms with van der Waals surface area (Å²) in [6.07, 6.45) is 1.37. The minimum atomic E-state index is -0.251. The van der Waals surface area contributed by atoms with E-state index in [4.69, 9.17) is 5.26 Å². The van der Waals surface area contributed by atoms with Gasteiger partial charge in [0.15, 0.2) is 0 Å². The van der Waals surface area contributed by atoms with Gasteiger partial charge in [0.25, 0.3) is 5.91 Å². The zero-order valence-electron chi connectivity index (χ0n) is 8.84. The number of H-pyrrole nitrogens is 1. The molecule has 0 fully saturated rings. The highest BCUT2D eigenvalue weighted by atomic mass is 16.1. The second kappa shape index (κ2) is 4.90. The first-order valence-corrected chi connectivity index (χ1v) is 4.92. The molecule has 0 atom stereocenters. The molecule has 1 heterocycles. The van der Waals surface area contributed by atoms with Crippen molar-refractivity contribution in [3.8, 4) is 6.07 Å². The Labute approximate surface area is 97.3 Å². The van der Waals surface area contributed by atoms with Crippen molar-refractivity contribution in [1.29, 1.82) is 5.26 Å². The molecule has 1 aromatic carbocycles. The Bertz CT molecular complexity index is 555. The fraction of sp³-hybridized carbons (Fsp3) is 0.0909. The summed E-state index contributed by atoms with van der Waals surface area (Å²) in [7, 11) is 0. The lowest BCUT2D eigenvalue weighted by molar-refractivity contribution is 0.0950. The summed E-state index contributed by atoms with van der Waals surface area (Å²) in [4.78, 5) is 15.6. The van der Waals surface area contributed by atoms with Crippen molar-refractivity contribution < 1.29 is 4.79 Å². The van der Waals surface area contributed by atoms with Crippen LogP contribution >= 0.6 is 0 Å². The molecule has 2 aromatic rings. The molecule has 0 bridgehead atoms. The highest BCUT2D eigenvalue weighted by Gasteiger charge is 2.06. The summed E-state index contributed by atoms with van der Waals surface area (Å²) >= 11 is 0. The molecule has 2 N–H and O–H groups in total. The average molecular weight is 227 g/mol. The van der Waals surface area contributed by atoms with Gasteiger partial charge in [0.2, 0.25) is 0 Å². The normalized spacial score (nSPS) is 9.59. The van der Waals surface area contributed by atoms with E-state index >= 15 is 0 Å². The number of carbonyl (C=O) groups excluding carboxylic acids is 1. The maximum atomic E-state index is 11.7. The number of aromatic nitrogens is 3. The smallest absolute Gasteiger partial charge is 0.251 e. The molecule has 84 valence electrons.